The van der Waals surface area contributed by atoms with Crippen molar-refractivity contribution in [1.82, 2.24) is 20.0 Å². The molecule has 122 valence electrons. The Bertz CT molecular complexity index is 539. The molecule has 0 unspecified atom stereocenters. The second-order valence-electron chi connectivity index (χ2n) is 6.40. The van der Waals surface area contributed by atoms with E-state index in [1.54, 1.807) is 22.8 Å². The molecule has 2 rings (SSSR count). The Morgan fingerprint density at radius 3 is 2.32 bits per heavy atom. The number of amides is 2. The number of hydrogen-bond donors (Lipinski definition) is 1. The van der Waals surface area contributed by atoms with E-state index < -0.39 is 0 Å². The van der Waals surface area contributed by atoms with Gasteiger partial charge in [-0.2, -0.15) is 5.10 Å². The maximum Gasteiger partial charge on any atom is 0.409 e. The number of aromatic amines is 1. The molecule has 7 heteroatoms. The Hall–Kier alpha value is -2.05. The molecule has 0 spiro atoms. The van der Waals surface area contributed by atoms with Gasteiger partial charge in [-0.3, -0.25) is 9.89 Å². The SMILES string of the molecule is CCOC(=O)N1CCN(C(=O)c2cc(C(C)(C)C)[nH]n2)CC1. The summed E-state index contributed by atoms with van der Waals surface area (Å²) in [5.41, 5.74) is 1.28. The van der Waals surface area contributed by atoms with Gasteiger partial charge in [0.1, 0.15) is 5.69 Å². The zero-order valence-electron chi connectivity index (χ0n) is 13.7. The molecule has 0 aliphatic carbocycles. The first-order chi connectivity index (χ1) is 10.3. The van der Waals surface area contributed by atoms with Crippen LogP contribution >= 0.6 is 0 Å². The molecular weight excluding hydrogens is 284 g/mol. The second kappa shape index (κ2) is 6.37. The number of ether oxygens (including phenoxy) is 1. The van der Waals surface area contributed by atoms with Crippen LogP contribution in [0.3, 0.4) is 0 Å². The van der Waals surface area contributed by atoms with Crippen LogP contribution in [0.15, 0.2) is 6.07 Å². The quantitative estimate of drug-likeness (QED) is 0.900. The number of nitrogens with zero attached hydrogens (tertiary/aromatic N) is 3. The lowest BCUT2D eigenvalue weighted by Crippen LogP contribution is -2.50. The van der Waals surface area contributed by atoms with E-state index in [4.69, 9.17) is 4.74 Å². The topological polar surface area (TPSA) is 78.5 Å². The van der Waals surface area contributed by atoms with Crippen molar-refractivity contribution in [2.75, 3.05) is 32.8 Å². The Kier molecular flexibility index (Phi) is 4.73. The van der Waals surface area contributed by atoms with E-state index in [-0.39, 0.29) is 17.4 Å². The van der Waals surface area contributed by atoms with Gasteiger partial charge in [0.15, 0.2) is 0 Å². The third-order valence-electron chi connectivity index (χ3n) is 3.70. The lowest BCUT2D eigenvalue weighted by molar-refractivity contribution is 0.0566. The summed E-state index contributed by atoms with van der Waals surface area (Å²) in [4.78, 5) is 27.4. The highest BCUT2D eigenvalue weighted by Gasteiger charge is 2.27. The normalized spacial score (nSPS) is 15.8. The van der Waals surface area contributed by atoms with Crippen LogP contribution in [0, 0.1) is 0 Å². The Balaban J connectivity index is 1.95. The molecule has 1 fully saturated rings. The smallest absolute Gasteiger partial charge is 0.409 e. The lowest BCUT2D eigenvalue weighted by Gasteiger charge is -2.33. The molecule has 22 heavy (non-hydrogen) atoms. The average Bonchev–Trinajstić information content (AvgIpc) is 2.97. The number of rotatable bonds is 2. The van der Waals surface area contributed by atoms with Gasteiger partial charge in [-0.15, -0.1) is 0 Å². The Labute approximate surface area is 130 Å². The van der Waals surface area contributed by atoms with Crippen LogP contribution in [0.5, 0.6) is 0 Å². The summed E-state index contributed by atoms with van der Waals surface area (Å²) < 4.78 is 4.97. The van der Waals surface area contributed by atoms with Crippen LogP contribution in [-0.4, -0.2) is 64.8 Å². The summed E-state index contributed by atoms with van der Waals surface area (Å²) >= 11 is 0. The van der Waals surface area contributed by atoms with E-state index in [0.29, 0.717) is 38.5 Å². The fourth-order valence-electron chi connectivity index (χ4n) is 2.28. The summed E-state index contributed by atoms with van der Waals surface area (Å²) in [6.45, 7) is 10.3. The molecular formula is C15H24N4O3. The predicted molar refractivity (Wildman–Crippen MR) is 81.8 cm³/mol. The molecule has 1 aromatic rings. The Morgan fingerprint density at radius 2 is 1.82 bits per heavy atom. The van der Waals surface area contributed by atoms with E-state index in [1.165, 1.54) is 0 Å². The minimum atomic E-state index is -0.315. The first kappa shape index (κ1) is 16.3. The first-order valence-corrected chi connectivity index (χ1v) is 7.59. The van der Waals surface area contributed by atoms with E-state index in [0.717, 1.165) is 5.69 Å². The third-order valence-corrected chi connectivity index (χ3v) is 3.70. The molecule has 1 aromatic heterocycles. The number of hydrogen-bond acceptors (Lipinski definition) is 4. The van der Waals surface area contributed by atoms with Crippen LogP contribution in [0.2, 0.25) is 0 Å². The molecule has 7 nitrogen and oxygen atoms in total. The van der Waals surface area contributed by atoms with Crippen LogP contribution in [0.1, 0.15) is 43.9 Å². The molecule has 1 saturated heterocycles. The molecule has 0 radical (unpaired) electrons. The van der Waals surface area contributed by atoms with Crippen molar-refractivity contribution in [3.05, 3.63) is 17.5 Å². The van der Waals surface area contributed by atoms with Crippen molar-refractivity contribution >= 4 is 12.0 Å². The van der Waals surface area contributed by atoms with Gasteiger partial charge in [-0.25, -0.2) is 4.79 Å². The highest BCUT2D eigenvalue weighted by atomic mass is 16.6. The third kappa shape index (κ3) is 3.58. The van der Waals surface area contributed by atoms with Gasteiger partial charge in [-0.05, 0) is 13.0 Å². The molecule has 0 aromatic carbocycles. The van der Waals surface area contributed by atoms with Crippen molar-refractivity contribution in [1.29, 1.82) is 0 Å². The van der Waals surface area contributed by atoms with Crippen molar-refractivity contribution in [3.63, 3.8) is 0 Å². The average molecular weight is 308 g/mol. The molecule has 0 atom stereocenters. The Morgan fingerprint density at radius 1 is 1.23 bits per heavy atom. The van der Waals surface area contributed by atoms with Crippen molar-refractivity contribution in [3.8, 4) is 0 Å². The van der Waals surface area contributed by atoms with Crippen LogP contribution in [-0.2, 0) is 10.2 Å². The number of piperazine rings is 1. The number of H-pyrrole nitrogens is 1. The van der Waals surface area contributed by atoms with Crippen molar-refractivity contribution in [2.45, 2.75) is 33.1 Å². The highest BCUT2D eigenvalue weighted by molar-refractivity contribution is 5.92. The first-order valence-electron chi connectivity index (χ1n) is 7.59. The highest BCUT2D eigenvalue weighted by Crippen LogP contribution is 2.21. The molecule has 0 saturated carbocycles. The van der Waals surface area contributed by atoms with Crippen molar-refractivity contribution < 1.29 is 14.3 Å². The molecule has 1 N–H and O–H groups in total. The van der Waals surface area contributed by atoms with Crippen molar-refractivity contribution in [2.24, 2.45) is 0 Å². The fourth-order valence-corrected chi connectivity index (χ4v) is 2.28. The number of aromatic nitrogens is 2. The predicted octanol–water partition coefficient (Wildman–Crippen LogP) is 1.62. The molecule has 1 aliphatic rings. The van der Waals surface area contributed by atoms with Crippen LogP contribution in [0.4, 0.5) is 4.79 Å². The summed E-state index contributed by atoms with van der Waals surface area (Å²) in [7, 11) is 0. The minimum Gasteiger partial charge on any atom is -0.450 e. The van der Waals surface area contributed by atoms with E-state index in [2.05, 4.69) is 31.0 Å². The largest absolute Gasteiger partial charge is 0.450 e. The molecule has 2 heterocycles. The van der Waals surface area contributed by atoms with Gasteiger partial charge < -0.3 is 14.5 Å². The number of carbonyl (C=O) groups is 2. The standard InChI is InChI=1S/C15H24N4O3/c1-5-22-14(21)19-8-6-18(7-9-19)13(20)11-10-12(17-16-11)15(2,3)4/h10H,5-9H2,1-4H3,(H,16,17). The summed E-state index contributed by atoms with van der Waals surface area (Å²) in [5.74, 6) is -0.102. The van der Waals surface area contributed by atoms with Gasteiger partial charge in [0.25, 0.3) is 5.91 Å². The van der Waals surface area contributed by atoms with Gasteiger partial charge >= 0.3 is 6.09 Å². The monoisotopic (exact) mass is 308 g/mol. The maximum absolute atomic E-state index is 12.5. The summed E-state index contributed by atoms with van der Waals surface area (Å²) in [5, 5.41) is 7.05. The van der Waals surface area contributed by atoms with Gasteiger partial charge in [0.05, 0.1) is 6.61 Å². The molecule has 2 amide bonds. The van der Waals surface area contributed by atoms with E-state index >= 15 is 0 Å². The van der Waals surface area contributed by atoms with E-state index in [1.807, 2.05) is 0 Å². The summed E-state index contributed by atoms with van der Waals surface area (Å²) in [6, 6.07) is 1.81. The lowest BCUT2D eigenvalue weighted by atomic mass is 9.92. The van der Waals surface area contributed by atoms with Crippen LogP contribution < -0.4 is 0 Å². The van der Waals surface area contributed by atoms with Crippen LogP contribution in [0.25, 0.3) is 0 Å². The maximum atomic E-state index is 12.5. The summed E-state index contributed by atoms with van der Waals surface area (Å²) in [6.07, 6.45) is -0.315. The van der Waals surface area contributed by atoms with Gasteiger partial charge in [0, 0.05) is 37.3 Å². The van der Waals surface area contributed by atoms with E-state index in [9.17, 15) is 9.59 Å². The second-order valence-corrected chi connectivity index (χ2v) is 6.40. The van der Waals surface area contributed by atoms with Gasteiger partial charge in [0.2, 0.25) is 0 Å². The molecule has 0 bridgehead atoms. The minimum absolute atomic E-state index is 0.0753. The number of nitrogens with one attached hydrogen (secondary N) is 1. The van der Waals surface area contributed by atoms with Gasteiger partial charge in [-0.1, -0.05) is 20.8 Å². The molecule has 1 aliphatic heterocycles. The zero-order chi connectivity index (χ0) is 16.3. The fraction of sp³-hybridized carbons (Fsp3) is 0.667. The number of carbonyl (C=O) groups excluding carboxylic acids is 2. The zero-order valence-corrected chi connectivity index (χ0v) is 13.7.